The minimum Gasteiger partial charge on any atom is -0.315 e. The van der Waals surface area contributed by atoms with Gasteiger partial charge in [-0.25, -0.2) is 0 Å². The van der Waals surface area contributed by atoms with Crippen molar-refractivity contribution in [3.05, 3.63) is 35.9 Å². The molecular formula is C14H22N2. The van der Waals surface area contributed by atoms with Gasteiger partial charge in [0.25, 0.3) is 0 Å². The molecule has 2 rings (SSSR count). The summed E-state index contributed by atoms with van der Waals surface area (Å²) in [5, 5.41) is 3.48. The fraction of sp³-hybridized carbons (Fsp3) is 0.571. The molecule has 0 radical (unpaired) electrons. The highest BCUT2D eigenvalue weighted by Crippen LogP contribution is 2.22. The first-order valence-corrected chi connectivity index (χ1v) is 6.18. The standard InChI is InChI=1S/C14H22N2/c1-14(2)8-9-15-10-11-16(14)12-13-6-4-3-5-7-13/h3-7,15H,8-12H2,1-2H3. The van der Waals surface area contributed by atoms with Gasteiger partial charge in [-0.15, -0.1) is 0 Å². The predicted octanol–water partition coefficient (Wildman–Crippen LogP) is 2.26. The first-order valence-electron chi connectivity index (χ1n) is 6.18. The molecule has 0 saturated carbocycles. The molecule has 1 aromatic carbocycles. The molecule has 88 valence electrons. The Morgan fingerprint density at radius 2 is 1.94 bits per heavy atom. The zero-order valence-electron chi connectivity index (χ0n) is 10.4. The van der Waals surface area contributed by atoms with Crippen molar-refractivity contribution in [1.82, 2.24) is 10.2 Å². The summed E-state index contributed by atoms with van der Waals surface area (Å²) in [6.07, 6.45) is 1.22. The Kier molecular flexibility index (Phi) is 3.62. The van der Waals surface area contributed by atoms with Crippen LogP contribution in [-0.4, -0.2) is 30.1 Å². The second-order valence-electron chi connectivity index (χ2n) is 5.22. The molecule has 1 N–H and O–H groups in total. The summed E-state index contributed by atoms with van der Waals surface area (Å²) in [6.45, 7) is 9.15. The maximum atomic E-state index is 3.48. The summed E-state index contributed by atoms with van der Waals surface area (Å²) in [6, 6.07) is 10.8. The van der Waals surface area contributed by atoms with Crippen molar-refractivity contribution in [3.63, 3.8) is 0 Å². The van der Waals surface area contributed by atoms with Gasteiger partial charge in [0.05, 0.1) is 0 Å². The van der Waals surface area contributed by atoms with Gasteiger partial charge in [-0.3, -0.25) is 4.90 Å². The molecule has 1 aromatic rings. The van der Waals surface area contributed by atoms with Gasteiger partial charge in [-0.1, -0.05) is 30.3 Å². The Morgan fingerprint density at radius 1 is 1.19 bits per heavy atom. The third-order valence-corrected chi connectivity index (χ3v) is 3.54. The molecule has 0 bridgehead atoms. The van der Waals surface area contributed by atoms with E-state index in [1.54, 1.807) is 0 Å². The fourth-order valence-corrected chi connectivity index (χ4v) is 2.29. The van der Waals surface area contributed by atoms with Crippen LogP contribution >= 0.6 is 0 Å². The largest absolute Gasteiger partial charge is 0.315 e. The van der Waals surface area contributed by atoms with Crippen molar-refractivity contribution in [2.75, 3.05) is 19.6 Å². The number of hydrogen-bond donors (Lipinski definition) is 1. The van der Waals surface area contributed by atoms with Gasteiger partial charge in [-0.05, 0) is 32.4 Å². The van der Waals surface area contributed by atoms with Crippen molar-refractivity contribution in [2.45, 2.75) is 32.4 Å². The molecule has 16 heavy (non-hydrogen) atoms. The van der Waals surface area contributed by atoms with Crippen molar-refractivity contribution < 1.29 is 0 Å². The summed E-state index contributed by atoms with van der Waals surface area (Å²) >= 11 is 0. The quantitative estimate of drug-likeness (QED) is 0.819. The Hall–Kier alpha value is -0.860. The zero-order chi connectivity index (χ0) is 11.4. The lowest BCUT2D eigenvalue weighted by Crippen LogP contribution is -2.43. The van der Waals surface area contributed by atoms with E-state index in [0.29, 0.717) is 5.54 Å². The van der Waals surface area contributed by atoms with Gasteiger partial charge in [0.1, 0.15) is 0 Å². The fourth-order valence-electron chi connectivity index (χ4n) is 2.29. The summed E-state index contributed by atoms with van der Waals surface area (Å²) in [5.41, 5.74) is 1.72. The average molecular weight is 218 g/mol. The van der Waals surface area contributed by atoms with E-state index in [0.717, 1.165) is 26.2 Å². The van der Waals surface area contributed by atoms with Crippen LogP contribution in [0.15, 0.2) is 30.3 Å². The Balaban J connectivity index is 2.07. The number of hydrogen-bond acceptors (Lipinski definition) is 2. The van der Waals surface area contributed by atoms with Crippen molar-refractivity contribution in [2.24, 2.45) is 0 Å². The molecule has 1 aliphatic rings. The molecule has 0 atom stereocenters. The SMILES string of the molecule is CC1(C)CCNCCN1Cc1ccccc1. The van der Waals surface area contributed by atoms with Gasteiger partial charge >= 0.3 is 0 Å². The van der Waals surface area contributed by atoms with Crippen LogP contribution in [0.4, 0.5) is 0 Å². The minimum absolute atomic E-state index is 0.305. The minimum atomic E-state index is 0.305. The van der Waals surface area contributed by atoms with Crippen molar-refractivity contribution in [3.8, 4) is 0 Å². The van der Waals surface area contributed by atoms with Crippen LogP contribution in [0.5, 0.6) is 0 Å². The maximum Gasteiger partial charge on any atom is 0.0239 e. The lowest BCUT2D eigenvalue weighted by atomic mass is 9.98. The highest BCUT2D eigenvalue weighted by Gasteiger charge is 2.27. The summed E-state index contributed by atoms with van der Waals surface area (Å²) in [5.74, 6) is 0. The van der Waals surface area contributed by atoms with E-state index in [-0.39, 0.29) is 0 Å². The molecule has 1 saturated heterocycles. The monoisotopic (exact) mass is 218 g/mol. The molecule has 0 amide bonds. The van der Waals surface area contributed by atoms with Crippen LogP contribution in [0.3, 0.4) is 0 Å². The first kappa shape index (κ1) is 11.6. The van der Waals surface area contributed by atoms with Gasteiger partial charge < -0.3 is 5.32 Å². The number of nitrogens with zero attached hydrogens (tertiary/aromatic N) is 1. The molecule has 2 heteroatoms. The van der Waals surface area contributed by atoms with E-state index in [9.17, 15) is 0 Å². The van der Waals surface area contributed by atoms with Crippen LogP contribution in [0, 0.1) is 0 Å². The molecule has 0 spiro atoms. The van der Waals surface area contributed by atoms with E-state index in [2.05, 4.69) is 54.4 Å². The average Bonchev–Trinajstić information content (AvgIpc) is 2.43. The molecule has 1 fully saturated rings. The van der Waals surface area contributed by atoms with Crippen LogP contribution < -0.4 is 5.32 Å². The van der Waals surface area contributed by atoms with Crippen LogP contribution in [0.2, 0.25) is 0 Å². The lowest BCUT2D eigenvalue weighted by Gasteiger charge is -2.36. The zero-order valence-corrected chi connectivity index (χ0v) is 10.4. The van der Waals surface area contributed by atoms with E-state index >= 15 is 0 Å². The number of nitrogens with one attached hydrogen (secondary N) is 1. The number of benzene rings is 1. The van der Waals surface area contributed by atoms with Crippen molar-refractivity contribution in [1.29, 1.82) is 0 Å². The van der Waals surface area contributed by atoms with E-state index in [1.807, 2.05) is 0 Å². The van der Waals surface area contributed by atoms with Crippen LogP contribution in [0.25, 0.3) is 0 Å². The molecule has 1 heterocycles. The molecule has 1 aliphatic heterocycles. The molecule has 0 unspecified atom stereocenters. The van der Waals surface area contributed by atoms with Crippen LogP contribution in [-0.2, 0) is 6.54 Å². The highest BCUT2D eigenvalue weighted by molar-refractivity contribution is 5.15. The summed E-state index contributed by atoms with van der Waals surface area (Å²) < 4.78 is 0. The van der Waals surface area contributed by atoms with Crippen molar-refractivity contribution >= 4 is 0 Å². The molecule has 0 aliphatic carbocycles. The van der Waals surface area contributed by atoms with E-state index in [1.165, 1.54) is 12.0 Å². The highest BCUT2D eigenvalue weighted by atomic mass is 15.2. The van der Waals surface area contributed by atoms with E-state index in [4.69, 9.17) is 0 Å². The second kappa shape index (κ2) is 4.98. The second-order valence-corrected chi connectivity index (χ2v) is 5.22. The van der Waals surface area contributed by atoms with Gasteiger partial charge in [0.15, 0.2) is 0 Å². The third-order valence-electron chi connectivity index (χ3n) is 3.54. The van der Waals surface area contributed by atoms with E-state index < -0.39 is 0 Å². The van der Waals surface area contributed by atoms with Crippen LogP contribution in [0.1, 0.15) is 25.8 Å². The van der Waals surface area contributed by atoms with Gasteiger partial charge in [0.2, 0.25) is 0 Å². The molecule has 2 nitrogen and oxygen atoms in total. The Morgan fingerprint density at radius 3 is 2.69 bits per heavy atom. The normalized spacial score (nSPS) is 21.6. The molecular weight excluding hydrogens is 196 g/mol. The van der Waals surface area contributed by atoms with Gasteiger partial charge in [-0.2, -0.15) is 0 Å². The maximum absolute atomic E-state index is 3.48. The number of rotatable bonds is 2. The van der Waals surface area contributed by atoms with Gasteiger partial charge in [0, 0.05) is 25.2 Å². The summed E-state index contributed by atoms with van der Waals surface area (Å²) in [4.78, 5) is 2.59. The smallest absolute Gasteiger partial charge is 0.0239 e. The first-order chi connectivity index (χ1) is 7.68. The third kappa shape index (κ3) is 2.83. The predicted molar refractivity (Wildman–Crippen MR) is 68.4 cm³/mol. The molecule has 0 aromatic heterocycles. The topological polar surface area (TPSA) is 15.3 Å². The lowest BCUT2D eigenvalue weighted by molar-refractivity contribution is 0.120. The Bertz CT molecular complexity index is 319. The summed E-state index contributed by atoms with van der Waals surface area (Å²) in [7, 11) is 0. The Labute approximate surface area is 98.7 Å².